The fourth-order valence-corrected chi connectivity index (χ4v) is 3.23. The maximum absolute atomic E-state index is 4.82. The molecule has 0 fully saturated rings. The van der Waals surface area contributed by atoms with E-state index in [1.165, 1.54) is 5.56 Å². The molecule has 0 aliphatic heterocycles. The summed E-state index contributed by atoms with van der Waals surface area (Å²) in [6.07, 6.45) is 7.31. The van der Waals surface area contributed by atoms with Crippen LogP contribution in [0.25, 0.3) is 32.7 Å². The maximum atomic E-state index is 4.82. The van der Waals surface area contributed by atoms with Crippen molar-refractivity contribution in [3.05, 3.63) is 66.7 Å². The topological polar surface area (TPSA) is 66.5 Å². The van der Waals surface area contributed by atoms with Crippen molar-refractivity contribution >= 4 is 44.2 Å². The van der Waals surface area contributed by atoms with E-state index in [-0.39, 0.29) is 0 Å². The molecule has 5 aromatic rings. The van der Waals surface area contributed by atoms with Gasteiger partial charge in [-0.2, -0.15) is 0 Å². The molecule has 1 aromatic carbocycles. The maximum Gasteiger partial charge on any atom is 0.142 e. The van der Waals surface area contributed by atoms with Gasteiger partial charge in [-0.15, -0.1) is 0 Å². The summed E-state index contributed by atoms with van der Waals surface area (Å²) < 4.78 is 0. The Kier molecular flexibility index (Phi) is 2.94. The first-order valence-corrected chi connectivity index (χ1v) is 8.12. The van der Waals surface area contributed by atoms with Crippen LogP contribution in [0.2, 0.25) is 0 Å². The predicted molar refractivity (Wildman–Crippen MR) is 101 cm³/mol. The van der Waals surface area contributed by atoms with Gasteiger partial charge in [-0.05, 0) is 31.2 Å². The molecule has 25 heavy (non-hydrogen) atoms. The number of nitrogens with one attached hydrogen (secondary N) is 2. The van der Waals surface area contributed by atoms with Gasteiger partial charge in [-0.25, -0.2) is 4.98 Å². The molecule has 0 radical (unpaired) electrons. The van der Waals surface area contributed by atoms with Crippen LogP contribution in [0.3, 0.4) is 0 Å². The van der Waals surface area contributed by atoms with Crippen LogP contribution in [-0.4, -0.2) is 19.9 Å². The third-order valence-corrected chi connectivity index (χ3v) is 4.46. The van der Waals surface area contributed by atoms with Gasteiger partial charge in [0.1, 0.15) is 11.5 Å². The second-order valence-electron chi connectivity index (χ2n) is 6.14. The lowest BCUT2D eigenvalue weighted by molar-refractivity contribution is 1.31. The second kappa shape index (κ2) is 5.27. The molecular formula is C20H15N5. The number of hydrogen-bond donors (Lipinski definition) is 2. The van der Waals surface area contributed by atoms with Crippen molar-refractivity contribution in [3.8, 4) is 0 Å². The summed E-state index contributed by atoms with van der Waals surface area (Å²) in [5, 5.41) is 7.76. The van der Waals surface area contributed by atoms with Crippen molar-refractivity contribution in [2.45, 2.75) is 6.92 Å². The summed E-state index contributed by atoms with van der Waals surface area (Å²) in [6, 6.07) is 12.3. The first kappa shape index (κ1) is 13.9. The van der Waals surface area contributed by atoms with E-state index in [0.29, 0.717) is 0 Å². The monoisotopic (exact) mass is 325 g/mol. The van der Waals surface area contributed by atoms with Gasteiger partial charge in [0.05, 0.1) is 11.7 Å². The molecule has 120 valence electrons. The lowest BCUT2D eigenvalue weighted by atomic mass is 10.1. The number of H-pyrrole nitrogens is 1. The van der Waals surface area contributed by atoms with Gasteiger partial charge in [-0.3, -0.25) is 9.97 Å². The quantitative estimate of drug-likeness (QED) is 0.493. The highest BCUT2D eigenvalue weighted by Gasteiger charge is 2.13. The Bertz CT molecular complexity index is 1220. The van der Waals surface area contributed by atoms with Crippen molar-refractivity contribution in [2.24, 2.45) is 0 Å². The van der Waals surface area contributed by atoms with Crippen LogP contribution in [0.1, 0.15) is 5.56 Å². The Balaban J connectivity index is 1.80. The second-order valence-corrected chi connectivity index (χ2v) is 6.14. The van der Waals surface area contributed by atoms with Crippen LogP contribution in [0, 0.1) is 6.92 Å². The number of aromatic nitrogens is 4. The average Bonchev–Trinajstić information content (AvgIpc) is 3.02. The number of hydrogen-bond acceptors (Lipinski definition) is 4. The summed E-state index contributed by atoms with van der Waals surface area (Å²) in [7, 11) is 0. The molecule has 0 aliphatic carbocycles. The normalized spacial score (nSPS) is 11.4. The van der Waals surface area contributed by atoms with E-state index in [1.807, 2.05) is 30.7 Å². The van der Waals surface area contributed by atoms with E-state index in [4.69, 9.17) is 4.98 Å². The molecule has 4 heterocycles. The highest BCUT2D eigenvalue weighted by atomic mass is 15.0. The molecule has 0 atom stereocenters. The molecule has 0 spiro atoms. The van der Waals surface area contributed by atoms with Crippen molar-refractivity contribution in [1.82, 2.24) is 19.9 Å². The summed E-state index contributed by atoms with van der Waals surface area (Å²) in [4.78, 5) is 16.7. The van der Waals surface area contributed by atoms with Crippen LogP contribution in [0.5, 0.6) is 0 Å². The molecule has 0 saturated carbocycles. The van der Waals surface area contributed by atoms with Crippen LogP contribution < -0.4 is 5.32 Å². The molecule has 0 bridgehead atoms. The van der Waals surface area contributed by atoms with E-state index in [2.05, 4.69) is 51.5 Å². The average molecular weight is 325 g/mol. The summed E-state index contributed by atoms with van der Waals surface area (Å²) >= 11 is 0. The van der Waals surface area contributed by atoms with Crippen LogP contribution in [-0.2, 0) is 0 Å². The Morgan fingerprint density at radius 1 is 0.840 bits per heavy atom. The first-order chi connectivity index (χ1) is 12.3. The van der Waals surface area contributed by atoms with Gasteiger partial charge in [0.15, 0.2) is 0 Å². The van der Waals surface area contributed by atoms with Crippen LogP contribution in [0.15, 0.2) is 61.2 Å². The minimum absolute atomic E-state index is 0.791. The van der Waals surface area contributed by atoms with Gasteiger partial charge in [0, 0.05) is 45.8 Å². The number of rotatable bonds is 2. The number of aromatic amines is 1. The Morgan fingerprint density at radius 3 is 2.44 bits per heavy atom. The number of pyridine rings is 3. The smallest absolute Gasteiger partial charge is 0.142 e. The number of nitrogens with zero attached hydrogens (tertiary/aromatic N) is 3. The largest absolute Gasteiger partial charge is 0.340 e. The van der Waals surface area contributed by atoms with Crippen LogP contribution >= 0.6 is 0 Å². The third-order valence-electron chi connectivity index (χ3n) is 4.46. The summed E-state index contributed by atoms with van der Waals surface area (Å²) in [6.45, 7) is 2.08. The lowest BCUT2D eigenvalue weighted by Gasteiger charge is -2.10. The standard InChI is InChI=1S/C20H15N5/c1-12-2-4-13(5-3-12)23-19-16-10-21-8-6-14(16)18-15-7-9-22-11-17(15)24-20(18)25-19/h2-11H,1H3,(H2,23,24,25). The molecule has 5 nitrogen and oxygen atoms in total. The van der Waals surface area contributed by atoms with Gasteiger partial charge in [0.2, 0.25) is 0 Å². The molecular weight excluding hydrogens is 310 g/mol. The zero-order valence-electron chi connectivity index (χ0n) is 13.6. The number of anilines is 2. The summed E-state index contributed by atoms with van der Waals surface area (Å²) in [5.41, 5.74) is 4.05. The van der Waals surface area contributed by atoms with E-state index in [0.717, 1.165) is 44.2 Å². The fourth-order valence-electron chi connectivity index (χ4n) is 3.23. The Hall–Kier alpha value is -3.47. The van der Waals surface area contributed by atoms with Crippen molar-refractivity contribution < 1.29 is 0 Å². The van der Waals surface area contributed by atoms with Crippen molar-refractivity contribution in [1.29, 1.82) is 0 Å². The van der Waals surface area contributed by atoms with E-state index in [9.17, 15) is 0 Å². The number of benzene rings is 1. The summed E-state index contributed by atoms with van der Waals surface area (Å²) in [5.74, 6) is 0.791. The Labute approximate surface area is 143 Å². The van der Waals surface area contributed by atoms with Gasteiger partial charge in [-0.1, -0.05) is 17.7 Å². The highest BCUT2D eigenvalue weighted by Crippen LogP contribution is 2.34. The van der Waals surface area contributed by atoms with E-state index in [1.54, 1.807) is 6.20 Å². The zero-order chi connectivity index (χ0) is 16.8. The van der Waals surface area contributed by atoms with Crippen molar-refractivity contribution in [2.75, 3.05) is 5.32 Å². The number of fused-ring (bicyclic) bond motifs is 5. The van der Waals surface area contributed by atoms with Crippen molar-refractivity contribution in [3.63, 3.8) is 0 Å². The first-order valence-electron chi connectivity index (χ1n) is 8.12. The fraction of sp³-hybridized carbons (Fsp3) is 0.0500. The zero-order valence-corrected chi connectivity index (χ0v) is 13.6. The van der Waals surface area contributed by atoms with Gasteiger partial charge >= 0.3 is 0 Å². The Morgan fingerprint density at radius 2 is 1.60 bits per heavy atom. The van der Waals surface area contributed by atoms with Gasteiger partial charge < -0.3 is 10.3 Å². The molecule has 5 heteroatoms. The predicted octanol–water partition coefficient (Wildman–Crippen LogP) is 4.71. The molecule has 5 rings (SSSR count). The SMILES string of the molecule is Cc1ccc(Nc2nc3[nH]c4cnccc4c3c3ccncc23)cc1. The molecule has 0 saturated heterocycles. The molecule has 0 amide bonds. The van der Waals surface area contributed by atoms with E-state index >= 15 is 0 Å². The molecule has 2 N–H and O–H groups in total. The van der Waals surface area contributed by atoms with Gasteiger partial charge in [0.25, 0.3) is 0 Å². The number of aryl methyl sites for hydroxylation is 1. The minimum Gasteiger partial charge on any atom is -0.340 e. The third kappa shape index (κ3) is 2.21. The highest BCUT2D eigenvalue weighted by molar-refractivity contribution is 6.20. The molecule has 0 unspecified atom stereocenters. The molecule has 4 aromatic heterocycles. The van der Waals surface area contributed by atoms with Crippen LogP contribution in [0.4, 0.5) is 11.5 Å². The van der Waals surface area contributed by atoms with E-state index < -0.39 is 0 Å². The minimum atomic E-state index is 0.791. The lowest BCUT2D eigenvalue weighted by Crippen LogP contribution is -1.96. The molecule has 0 aliphatic rings.